The predicted octanol–water partition coefficient (Wildman–Crippen LogP) is 3.19. The monoisotopic (exact) mass is 206 g/mol. The summed E-state index contributed by atoms with van der Waals surface area (Å²) in [5, 5.41) is 3.33. The minimum absolute atomic E-state index is 1.18. The molecule has 2 aromatic rings. The molecule has 1 aliphatic rings. The Labute approximate surface area is 95.4 Å². The van der Waals surface area contributed by atoms with Gasteiger partial charge in [0.1, 0.15) is 6.04 Å². The van der Waals surface area contributed by atoms with Gasteiger partial charge in [-0.05, 0) is 29.0 Å². The van der Waals surface area contributed by atoms with Crippen LogP contribution in [0.3, 0.4) is 0 Å². The van der Waals surface area contributed by atoms with Crippen molar-refractivity contribution in [3.8, 4) is 0 Å². The summed E-state index contributed by atoms with van der Waals surface area (Å²) in [6.07, 6.45) is 4.09. The van der Waals surface area contributed by atoms with Crippen LogP contribution in [0.1, 0.15) is 16.7 Å². The van der Waals surface area contributed by atoms with Gasteiger partial charge in [0.2, 0.25) is 0 Å². The summed E-state index contributed by atoms with van der Waals surface area (Å²) >= 11 is 0. The van der Waals surface area contributed by atoms with Crippen molar-refractivity contribution in [2.75, 3.05) is 0 Å². The first-order valence-electron chi connectivity index (χ1n) is 5.40. The van der Waals surface area contributed by atoms with Crippen molar-refractivity contribution in [2.24, 2.45) is 0 Å². The van der Waals surface area contributed by atoms with E-state index >= 15 is 0 Å². The summed E-state index contributed by atoms with van der Waals surface area (Å²) in [4.78, 5) is 0. The third-order valence-corrected chi connectivity index (χ3v) is 2.78. The van der Waals surface area contributed by atoms with Gasteiger partial charge < -0.3 is 5.32 Å². The van der Waals surface area contributed by atoms with Crippen molar-refractivity contribution < 1.29 is 0 Å². The number of fused-ring (bicyclic) bond motifs is 1. The van der Waals surface area contributed by atoms with Gasteiger partial charge in [0.25, 0.3) is 0 Å². The summed E-state index contributed by atoms with van der Waals surface area (Å²) in [5.74, 6) is 0. The van der Waals surface area contributed by atoms with Crippen molar-refractivity contribution >= 4 is 6.08 Å². The molecule has 0 atom stereocenters. The molecule has 0 spiro atoms. The average Bonchev–Trinajstić information content (AvgIpc) is 2.39. The standard InChI is InChI=1S/C15H12N/c1-2-7-13(8-3-1)15-14-9-5-4-6-12(14)10-11-16-15/h1-11,16H. The Balaban J connectivity index is 2.09. The van der Waals surface area contributed by atoms with Gasteiger partial charge in [0, 0.05) is 0 Å². The van der Waals surface area contributed by atoms with Gasteiger partial charge in [-0.1, -0.05) is 54.6 Å². The van der Waals surface area contributed by atoms with Gasteiger partial charge in [0.15, 0.2) is 0 Å². The fourth-order valence-corrected chi connectivity index (χ4v) is 2.01. The maximum atomic E-state index is 3.33. The van der Waals surface area contributed by atoms with Crippen molar-refractivity contribution in [2.45, 2.75) is 0 Å². The predicted molar refractivity (Wildman–Crippen MR) is 66.5 cm³/mol. The van der Waals surface area contributed by atoms with E-state index in [1.165, 1.54) is 22.7 Å². The number of hydrogen-bond donors (Lipinski definition) is 1. The smallest absolute Gasteiger partial charge is 0.120 e. The summed E-state index contributed by atoms with van der Waals surface area (Å²) in [5.41, 5.74) is 3.75. The Hall–Kier alpha value is -2.02. The fraction of sp³-hybridized carbons (Fsp3) is 0. The van der Waals surface area contributed by atoms with Crippen LogP contribution < -0.4 is 5.32 Å². The maximum Gasteiger partial charge on any atom is 0.120 e. The van der Waals surface area contributed by atoms with E-state index in [9.17, 15) is 0 Å². The highest BCUT2D eigenvalue weighted by Crippen LogP contribution is 2.27. The van der Waals surface area contributed by atoms with Crippen LogP contribution in [0.25, 0.3) is 6.08 Å². The van der Waals surface area contributed by atoms with Crippen LogP contribution >= 0.6 is 0 Å². The van der Waals surface area contributed by atoms with E-state index in [1.54, 1.807) is 0 Å². The lowest BCUT2D eigenvalue weighted by Gasteiger charge is -2.22. The molecule has 1 aliphatic heterocycles. The minimum Gasteiger partial charge on any atom is -0.375 e. The molecule has 0 saturated carbocycles. The first kappa shape index (κ1) is 9.22. The van der Waals surface area contributed by atoms with Crippen LogP contribution in [0, 0.1) is 6.04 Å². The summed E-state index contributed by atoms with van der Waals surface area (Å²) in [6, 6.07) is 20.0. The zero-order valence-corrected chi connectivity index (χ0v) is 8.85. The van der Waals surface area contributed by atoms with Crippen molar-refractivity contribution in [1.82, 2.24) is 5.32 Å². The SMILES string of the molecule is C1=Cc2ccccc2[C](c2ccccc2)N1. The van der Waals surface area contributed by atoms with E-state index in [4.69, 9.17) is 0 Å². The molecular formula is C15H12N. The second-order valence-corrected chi connectivity index (χ2v) is 3.81. The summed E-state index contributed by atoms with van der Waals surface area (Å²) in [7, 11) is 0. The van der Waals surface area contributed by atoms with Crippen LogP contribution in [0.15, 0.2) is 60.8 Å². The summed E-state index contributed by atoms with van der Waals surface area (Å²) < 4.78 is 0. The molecule has 3 rings (SSSR count). The highest BCUT2D eigenvalue weighted by molar-refractivity contribution is 5.64. The Morgan fingerprint density at radius 2 is 1.50 bits per heavy atom. The second-order valence-electron chi connectivity index (χ2n) is 3.81. The van der Waals surface area contributed by atoms with Gasteiger partial charge in [-0.2, -0.15) is 0 Å². The molecule has 0 fully saturated rings. The fourth-order valence-electron chi connectivity index (χ4n) is 2.01. The maximum absolute atomic E-state index is 3.33. The minimum atomic E-state index is 1.18. The van der Waals surface area contributed by atoms with Crippen LogP contribution in [0.4, 0.5) is 0 Å². The zero-order valence-electron chi connectivity index (χ0n) is 8.85. The molecule has 0 aromatic heterocycles. The molecule has 0 aliphatic carbocycles. The first-order chi connectivity index (χ1) is 7.95. The van der Waals surface area contributed by atoms with E-state index in [2.05, 4.69) is 59.9 Å². The van der Waals surface area contributed by atoms with Gasteiger partial charge in [0.05, 0.1) is 0 Å². The Morgan fingerprint density at radius 3 is 2.38 bits per heavy atom. The lowest BCUT2D eigenvalue weighted by atomic mass is 9.92. The van der Waals surface area contributed by atoms with Gasteiger partial charge in [-0.3, -0.25) is 0 Å². The van der Waals surface area contributed by atoms with Crippen molar-refractivity contribution in [3.63, 3.8) is 0 Å². The topological polar surface area (TPSA) is 12.0 Å². The molecule has 16 heavy (non-hydrogen) atoms. The van der Waals surface area contributed by atoms with Crippen molar-refractivity contribution in [3.05, 3.63) is 83.5 Å². The molecule has 1 heterocycles. The van der Waals surface area contributed by atoms with Gasteiger partial charge >= 0.3 is 0 Å². The Bertz CT molecular complexity index is 514. The number of benzene rings is 2. The zero-order chi connectivity index (χ0) is 10.8. The second kappa shape index (κ2) is 3.86. The van der Waals surface area contributed by atoms with E-state index in [0.717, 1.165) is 0 Å². The quantitative estimate of drug-likeness (QED) is 0.755. The molecule has 1 heteroatoms. The molecule has 1 radical (unpaired) electrons. The molecule has 0 saturated heterocycles. The Morgan fingerprint density at radius 1 is 0.750 bits per heavy atom. The molecule has 77 valence electrons. The third kappa shape index (κ3) is 1.50. The van der Waals surface area contributed by atoms with E-state index in [0.29, 0.717) is 0 Å². The Kier molecular flexibility index (Phi) is 2.22. The number of hydrogen-bond acceptors (Lipinski definition) is 1. The lowest BCUT2D eigenvalue weighted by Crippen LogP contribution is -2.21. The van der Waals surface area contributed by atoms with Crippen LogP contribution in [-0.2, 0) is 0 Å². The highest BCUT2D eigenvalue weighted by Gasteiger charge is 2.18. The van der Waals surface area contributed by atoms with E-state index in [1.807, 2.05) is 12.3 Å². The van der Waals surface area contributed by atoms with Crippen LogP contribution in [-0.4, -0.2) is 0 Å². The average molecular weight is 206 g/mol. The summed E-state index contributed by atoms with van der Waals surface area (Å²) in [6.45, 7) is 0. The molecular weight excluding hydrogens is 194 g/mol. The van der Waals surface area contributed by atoms with Gasteiger partial charge in [-0.15, -0.1) is 0 Å². The van der Waals surface area contributed by atoms with E-state index in [-0.39, 0.29) is 0 Å². The van der Waals surface area contributed by atoms with Crippen LogP contribution in [0.5, 0.6) is 0 Å². The third-order valence-electron chi connectivity index (χ3n) is 2.78. The molecule has 0 amide bonds. The normalized spacial score (nSPS) is 14.2. The lowest BCUT2D eigenvalue weighted by molar-refractivity contribution is 0.935. The number of nitrogens with one attached hydrogen (secondary N) is 1. The molecule has 1 nitrogen and oxygen atoms in total. The highest BCUT2D eigenvalue weighted by atomic mass is 14.9. The van der Waals surface area contributed by atoms with Crippen LogP contribution in [0.2, 0.25) is 0 Å². The number of rotatable bonds is 1. The van der Waals surface area contributed by atoms with Crippen molar-refractivity contribution in [1.29, 1.82) is 0 Å². The molecule has 0 bridgehead atoms. The molecule has 2 aromatic carbocycles. The largest absolute Gasteiger partial charge is 0.375 e. The molecule has 1 N–H and O–H groups in total. The molecule has 0 unspecified atom stereocenters. The first-order valence-corrected chi connectivity index (χ1v) is 5.40. The van der Waals surface area contributed by atoms with E-state index < -0.39 is 0 Å². The van der Waals surface area contributed by atoms with Gasteiger partial charge in [-0.25, -0.2) is 0 Å².